The second-order valence-corrected chi connectivity index (χ2v) is 6.38. The summed E-state index contributed by atoms with van der Waals surface area (Å²) in [5.74, 6) is -0.199. The Balaban J connectivity index is 1.58. The molecule has 0 atom stereocenters. The molecule has 4 rings (SSSR count). The number of rotatable bonds is 5. The van der Waals surface area contributed by atoms with E-state index in [9.17, 15) is 14.0 Å². The number of nitrogens with zero attached hydrogens (tertiary/aromatic N) is 1. The SMILES string of the molecule is O=C(CN1C(=O)C(=Cc2cccc(F)c2)Oc2ccccc21)NCc1ccco1. The molecule has 0 aliphatic carbocycles. The standard InChI is InChI=1S/C22H17FN2O4/c23-16-6-3-5-15(11-16)12-20-22(27)25(18-8-1-2-9-19(18)29-20)14-21(26)24-13-17-7-4-10-28-17/h1-12H,13-14H2,(H,24,26). The number of halogens is 1. The Morgan fingerprint density at radius 2 is 1.97 bits per heavy atom. The number of nitrogens with one attached hydrogen (secondary N) is 1. The van der Waals surface area contributed by atoms with E-state index in [0.29, 0.717) is 22.8 Å². The smallest absolute Gasteiger partial charge is 0.294 e. The van der Waals surface area contributed by atoms with Gasteiger partial charge in [0.2, 0.25) is 5.91 Å². The largest absolute Gasteiger partial charge is 0.467 e. The van der Waals surface area contributed by atoms with Crippen LogP contribution in [-0.2, 0) is 16.1 Å². The molecule has 7 heteroatoms. The normalized spacial score (nSPS) is 14.4. The summed E-state index contributed by atoms with van der Waals surface area (Å²) in [6.45, 7) is 0.0262. The van der Waals surface area contributed by atoms with E-state index in [2.05, 4.69) is 5.32 Å². The molecule has 0 bridgehead atoms. The molecule has 2 amide bonds. The maximum Gasteiger partial charge on any atom is 0.294 e. The van der Waals surface area contributed by atoms with Gasteiger partial charge in [0.1, 0.15) is 18.1 Å². The van der Waals surface area contributed by atoms with Crippen molar-refractivity contribution in [1.82, 2.24) is 5.32 Å². The molecule has 29 heavy (non-hydrogen) atoms. The summed E-state index contributed by atoms with van der Waals surface area (Å²) in [6.07, 6.45) is 2.97. The van der Waals surface area contributed by atoms with Crippen LogP contribution in [0.4, 0.5) is 10.1 Å². The van der Waals surface area contributed by atoms with Crippen LogP contribution < -0.4 is 15.0 Å². The second-order valence-electron chi connectivity index (χ2n) is 6.38. The highest BCUT2D eigenvalue weighted by Gasteiger charge is 2.31. The zero-order chi connectivity index (χ0) is 20.2. The molecule has 2 heterocycles. The topological polar surface area (TPSA) is 71.8 Å². The minimum Gasteiger partial charge on any atom is -0.467 e. The van der Waals surface area contributed by atoms with Gasteiger partial charge in [-0.2, -0.15) is 0 Å². The van der Waals surface area contributed by atoms with Crippen molar-refractivity contribution in [3.05, 3.63) is 89.8 Å². The molecular weight excluding hydrogens is 375 g/mol. The van der Waals surface area contributed by atoms with Gasteiger partial charge in [0.05, 0.1) is 18.5 Å². The van der Waals surface area contributed by atoms with Crippen LogP contribution in [0.1, 0.15) is 11.3 Å². The lowest BCUT2D eigenvalue weighted by Crippen LogP contribution is -2.44. The predicted molar refractivity (Wildman–Crippen MR) is 104 cm³/mol. The van der Waals surface area contributed by atoms with Crippen LogP contribution in [0, 0.1) is 5.82 Å². The van der Waals surface area contributed by atoms with Gasteiger partial charge in [0, 0.05) is 0 Å². The molecule has 3 aromatic rings. The van der Waals surface area contributed by atoms with Crippen LogP contribution >= 0.6 is 0 Å². The van der Waals surface area contributed by atoms with E-state index in [1.54, 1.807) is 48.5 Å². The monoisotopic (exact) mass is 392 g/mol. The molecule has 0 fully saturated rings. The van der Waals surface area contributed by atoms with Crippen molar-refractivity contribution in [1.29, 1.82) is 0 Å². The lowest BCUT2D eigenvalue weighted by atomic mass is 10.1. The van der Waals surface area contributed by atoms with E-state index in [1.807, 2.05) is 0 Å². The molecule has 0 saturated heterocycles. The Hall–Kier alpha value is -3.87. The average molecular weight is 392 g/mol. The number of amides is 2. The fraction of sp³-hybridized carbons (Fsp3) is 0.0909. The number of fused-ring (bicyclic) bond motifs is 1. The second kappa shape index (κ2) is 8.02. The maximum absolute atomic E-state index is 13.5. The Labute approximate surface area is 166 Å². The van der Waals surface area contributed by atoms with Crippen molar-refractivity contribution in [3.8, 4) is 5.75 Å². The van der Waals surface area contributed by atoms with Gasteiger partial charge in [-0.05, 0) is 48.0 Å². The zero-order valence-corrected chi connectivity index (χ0v) is 15.3. The minimum absolute atomic E-state index is 0.00753. The molecule has 146 valence electrons. The predicted octanol–water partition coefficient (Wildman–Crippen LogP) is 3.50. The number of carbonyl (C=O) groups excluding carboxylic acids is 2. The number of hydrogen-bond acceptors (Lipinski definition) is 4. The lowest BCUT2D eigenvalue weighted by Gasteiger charge is -2.30. The molecule has 6 nitrogen and oxygen atoms in total. The summed E-state index contributed by atoms with van der Waals surface area (Å²) >= 11 is 0. The number of anilines is 1. The van der Waals surface area contributed by atoms with Crippen LogP contribution in [-0.4, -0.2) is 18.4 Å². The van der Waals surface area contributed by atoms with E-state index in [1.165, 1.54) is 29.4 Å². The molecule has 0 spiro atoms. The lowest BCUT2D eigenvalue weighted by molar-refractivity contribution is -0.123. The van der Waals surface area contributed by atoms with E-state index in [0.717, 1.165) is 0 Å². The van der Waals surface area contributed by atoms with Crippen molar-refractivity contribution in [2.45, 2.75) is 6.54 Å². The highest BCUT2D eigenvalue weighted by Crippen LogP contribution is 2.35. The summed E-state index contributed by atoms with van der Waals surface area (Å²) in [5, 5.41) is 2.72. The minimum atomic E-state index is -0.485. The quantitative estimate of drug-likeness (QED) is 0.675. The number of hydrogen-bond donors (Lipinski definition) is 1. The summed E-state index contributed by atoms with van der Waals surface area (Å²) in [7, 11) is 0. The number of para-hydroxylation sites is 2. The van der Waals surface area contributed by atoms with Crippen LogP contribution in [0.25, 0.3) is 6.08 Å². The molecule has 0 saturated carbocycles. The van der Waals surface area contributed by atoms with E-state index < -0.39 is 11.7 Å². The molecule has 2 aromatic carbocycles. The van der Waals surface area contributed by atoms with Crippen LogP contribution in [0.3, 0.4) is 0 Å². The molecule has 0 unspecified atom stereocenters. The Kier molecular flexibility index (Phi) is 5.11. The van der Waals surface area contributed by atoms with Gasteiger partial charge in [-0.1, -0.05) is 24.3 Å². The summed E-state index contributed by atoms with van der Waals surface area (Å²) < 4.78 is 24.4. The highest BCUT2D eigenvalue weighted by molar-refractivity contribution is 6.12. The number of ether oxygens (including phenoxy) is 1. The van der Waals surface area contributed by atoms with Crippen molar-refractivity contribution < 1.29 is 23.1 Å². The third kappa shape index (κ3) is 4.19. The fourth-order valence-electron chi connectivity index (χ4n) is 2.97. The average Bonchev–Trinajstić information content (AvgIpc) is 3.23. The molecule has 1 N–H and O–H groups in total. The van der Waals surface area contributed by atoms with Gasteiger partial charge in [-0.25, -0.2) is 4.39 Å². The van der Waals surface area contributed by atoms with Gasteiger partial charge < -0.3 is 14.5 Å². The van der Waals surface area contributed by atoms with Crippen LogP contribution in [0.2, 0.25) is 0 Å². The van der Waals surface area contributed by atoms with Gasteiger partial charge in [0.15, 0.2) is 11.5 Å². The first-order valence-corrected chi connectivity index (χ1v) is 8.95. The van der Waals surface area contributed by atoms with Gasteiger partial charge in [-0.15, -0.1) is 0 Å². The maximum atomic E-state index is 13.5. The summed E-state index contributed by atoms with van der Waals surface area (Å²) in [4.78, 5) is 26.7. The van der Waals surface area contributed by atoms with E-state index in [4.69, 9.17) is 9.15 Å². The first-order chi connectivity index (χ1) is 14.1. The van der Waals surface area contributed by atoms with Gasteiger partial charge >= 0.3 is 0 Å². The Morgan fingerprint density at radius 1 is 1.10 bits per heavy atom. The Bertz CT molecular complexity index is 1080. The third-order valence-electron chi connectivity index (χ3n) is 4.32. The van der Waals surface area contributed by atoms with Crippen LogP contribution in [0.5, 0.6) is 5.75 Å². The fourth-order valence-corrected chi connectivity index (χ4v) is 2.97. The molecule has 1 aromatic heterocycles. The highest BCUT2D eigenvalue weighted by atomic mass is 19.1. The number of carbonyl (C=O) groups is 2. The molecule has 1 aliphatic rings. The van der Waals surface area contributed by atoms with E-state index >= 15 is 0 Å². The molecular formula is C22H17FN2O4. The Morgan fingerprint density at radius 3 is 2.76 bits per heavy atom. The first kappa shape index (κ1) is 18.5. The first-order valence-electron chi connectivity index (χ1n) is 8.95. The number of benzene rings is 2. The molecule has 1 aliphatic heterocycles. The van der Waals surface area contributed by atoms with Crippen LogP contribution in [0.15, 0.2) is 77.1 Å². The van der Waals surface area contributed by atoms with Crippen molar-refractivity contribution >= 4 is 23.6 Å². The van der Waals surface area contributed by atoms with E-state index in [-0.39, 0.29) is 24.8 Å². The molecule has 0 radical (unpaired) electrons. The summed E-state index contributed by atoms with van der Waals surface area (Å²) in [6, 6.07) is 16.2. The van der Waals surface area contributed by atoms with Gasteiger partial charge in [0.25, 0.3) is 5.91 Å². The van der Waals surface area contributed by atoms with Gasteiger partial charge in [-0.3, -0.25) is 14.5 Å². The van der Waals surface area contributed by atoms with Crippen molar-refractivity contribution in [2.75, 3.05) is 11.4 Å². The van der Waals surface area contributed by atoms with Crippen molar-refractivity contribution in [2.24, 2.45) is 0 Å². The number of furan rings is 1. The third-order valence-corrected chi connectivity index (χ3v) is 4.32. The summed E-state index contributed by atoms with van der Waals surface area (Å²) in [5.41, 5.74) is 0.969. The van der Waals surface area contributed by atoms with Crippen molar-refractivity contribution in [3.63, 3.8) is 0 Å². The zero-order valence-electron chi connectivity index (χ0n) is 15.3.